The van der Waals surface area contributed by atoms with Gasteiger partial charge in [0.15, 0.2) is 0 Å². The lowest BCUT2D eigenvalue weighted by Crippen LogP contribution is -2.31. The summed E-state index contributed by atoms with van der Waals surface area (Å²) in [4.78, 5) is 29.8. The van der Waals surface area contributed by atoms with E-state index in [1.54, 1.807) is 55.4 Å². The van der Waals surface area contributed by atoms with E-state index in [0.717, 1.165) is 10.9 Å². The van der Waals surface area contributed by atoms with Gasteiger partial charge in [0.2, 0.25) is 5.91 Å². The van der Waals surface area contributed by atoms with Crippen LogP contribution < -0.4 is 15.7 Å². The lowest BCUT2D eigenvalue weighted by atomic mass is 10.0. The Labute approximate surface area is 189 Å². The maximum atomic E-state index is 13.8. The predicted molar refractivity (Wildman–Crippen MR) is 122 cm³/mol. The number of aromatic nitrogens is 2. The molecule has 0 aliphatic carbocycles. The van der Waals surface area contributed by atoms with Crippen LogP contribution in [-0.4, -0.2) is 22.6 Å². The average molecular weight is 449 g/mol. The normalized spacial score (nSPS) is 12.0. The quantitative estimate of drug-likeness (QED) is 0.434. The van der Waals surface area contributed by atoms with E-state index < -0.39 is 17.5 Å². The molecule has 4 rings (SSSR count). The number of fused-ring (bicyclic) bond motifs is 1. The summed E-state index contributed by atoms with van der Waals surface area (Å²) >= 11 is 0. The van der Waals surface area contributed by atoms with Crippen molar-refractivity contribution in [3.05, 3.63) is 93.6 Å². The van der Waals surface area contributed by atoms with E-state index in [0.29, 0.717) is 28.3 Å². The van der Waals surface area contributed by atoms with Gasteiger partial charge < -0.3 is 19.0 Å². The Morgan fingerprint density at radius 1 is 1.27 bits per heavy atom. The van der Waals surface area contributed by atoms with Crippen LogP contribution in [0.15, 0.2) is 64.1 Å². The second kappa shape index (κ2) is 9.28. The standard InChI is InChI=1S/C25H24FN3O4/c1-15-19-8-7-18(32-3)14-21(19)33-25(31)20(15)9-10-22(30)28-23(24-27-11-12-29(24)2)16-5-4-6-17(26)13-16/h4-8,11-14,23H,9-10H2,1-3H3,(H,28,30)/t23-/m0/s1. The van der Waals surface area contributed by atoms with Gasteiger partial charge in [-0.3, -0.25) is 4.79 Å². The van der Waals surface area contributed by atoms with Crippen molar-refractivity contribution >= 4 is 16.9 Å². The number of rotatable bonds is 7. The van der Waals surface area contributed by atoms with Gasteiger partial charge in [0.1, 0.15) is 29.0 Å². The number of nitrogens with zero attached hydrogens (tertiary/aromatic N) is 2. The molecule has 0 fully saturated rings. The summed E-state index contributed by atoms with van der Waals surface area (Å²) in [5, 5.41) is 3.72. The molecule has 1 amide bonds. The molecule has 33 heavy (non-hydrogen) atoms. The summed E-state index contributed by atoms with van der Waals surface area (Å²) in [7, 11) is 3.35. The Bertz CT molecular complexity index is 1380. The van der Waals surface area contributed by atoms with Crippen LogP contribution in [0, 0.1) is 12.7 Å². The van der Waals surface area contributed by atoms with E-state index in [1.807, 2.05) is 13.0 Å². The molecule has 1 atom stereocenters. The molecule has 2 aromatic heterocycles. The van der Waals surface area contributed by atoms with Gasteiger partial charge in [-0.05, 0) is 48.7 Å². The van der Waals surface area contributed by atoms with Gasteiger partial charge in [0.05, 0.1) is 7.11 Å². The number of hydrogen-bond acceptors (Lipinski definition) is 5. The minimum absolute atomic E-state index is 0.0590. The zero-order valence-electron chi connectivity index (χ0n) is 18.6. The zero-order chi connectivity index (χ0) is 23.5. The number of imidazole rings is 1. The van der Waals surface area contributed by atoms with E-state index in [1.165, 1.54) is 12.1 Å². The molecule has 0 saturated heterocycles. The second-order valence-electron chi connectivity index (χ2n) is 7.81. The van der Waals surface area contributed by atoms with Crippen LogP contribution in [0.2, 0.25) is 0 Å². The Morgan fingerprint density at radius 2 is 2.09 bits per heavy atom. The van der Waals surface area contributed by atoms with E-state index in [4.69, 9.17) is 9.15 Å². The molecule has 0 spiro atoms. The van der Waals surface area contributed by atoms with E-state index >= 15 is 0 Å². The van der Waals surface area contributed by atoms with Gasteiger partial charge in [-0.2, -0.15) is 0 Å². The maximum Gasteiger partial charge on any atom is 0.339 e. The predicted octanol–water partition coefficient (Wildman–Crippen LogP) is 3.82. The third-order valence-corrected chi connectivity index (χ3v) is 5.70. The van der Waals surface area contributed by atoms with Crippen LogP contribution in [-0.2, 0) is 18.3 Å². The van der Waals surface area contributed by atoms with Crippen LogP contribution in [0.4, 0.5) is 4.39 Å². The molecule has 0 bridgehead atoms. The van der Waals surface area contributed by atoms with Crippen molar-refractivity contribution in [2.24, 2.45) is 7.05 Å². The third kappa shape index (κ3) is 4.64. The number of halogens is 1. The monoisotopic (exact) mass is 449 g/mol. The number of nitrogens with one attached hydrogen (secondary N) is 1. The van der Waals surface area contributed by atoms with Crippen LogP contribution >= 0.6 is 0 Å². The molecule has 170 valence electrons. The molecule has 7 nitrogen and oxygen atoms in total. The van der Waals surface area contributed by atoms with Crippen LogP contribution in [0.3, 0.4) is 0 Å². The lowest BCUT2D eigenvalue weighted by molar-refractivity contribution is -0.121. The fourth-order valence-corrected chi connectivity index (χ4v) is 3.90. The number of carbonyl (C=O) groups excluding carboxylic acids is 1. The number of aryl methyl sites for hydroxylation is 2. The molecule has 4 aromatic rings. The molecule has 0 aliphatic rings. The van der Waals surface area contributed by atoms with Crippen molar-refractivity contribution in [2.45, 2.75) is 25.8 Å². The highest BCUT2D eigenvalue weighted by atomic mass is 19.1. The van der Waals surface area contributed by atoms with Crippen LogP contribution in [0.5, 0.6) is 5.75 Å². The van der Waals surface area contributed by atoms with Crippen LogP contribution in [0.25, 0.3) is 11.0 Å². The topological polar surface area (TPSA) is 86.4 Å². The minimum Gasteiger partial charge on any atom is -0.497 e. The van der Waals surface area contributed by atoms with Crippen molar-refractivity contribution < 1.29 is 18.3 Å². The summed E-state index contributed by atoms with van der Waals surface area (Å²) in [5.74, 6) is 0.474. The third-order valence-electron chi connectivity index (χ3n) is 5.70. The molecular weight excluding hydrogens is 425 g/mol. The zero-order valence-corrected chi connectivity index (χ0v) is 18.6. The SMILES string of the molecule is COc1ccc2c(C)c(CCC(=O)N[C@@H](c3cccc(F)c3)c3nccn3C)c(=O)oc2c1. The van der Waals surface area contributed by atoms with Gasteiger partial charge in [-0.1, -0.05) is 12.1 Å². The number of amides is 1. The highest BCUT2D eigenvalue weighted by Gasteiger charge is 2.22. The number of carbonyl (C=O) groups is 1. The van der Waals surface area contributed by atoms with Crippen LogP contribution in [0.1, 0.15) is 35.0 Å². The Kier molecular flexibility index (Phi) is 6.26. The summed E-state index contributed by atoms with van der Waals surface area (Å²) in [6.45, 7) is 1.84. The smallest absolute Gasteiger partial charge is 0.339 e. The number of benzene rings is 2. The maximum absolute atomic E-state index is 13.8. The van der Waals surface area contributed by atoms with Gasteiger partial charge in [0, 0.05) is 42.9 Å². The first-order chi connectivity index (χ1) is 15.9. The molecule has 0 aliphatic heterocycles. The summed E-state index contributed by atoms with van der Waals surface area (Å²) in [6, 6.07) is 10.7. The average Bonchev–Trinajstić information content (AvgIpc) is 3.22. The molecule has 0 radical (unpaired) electrons. The number of hydrogen-bond donors (Lipinski definition) is 1. The molecule has 2 aromatic carbocycles. The molecule has 0 saturated carbocycles. The van der Waals surface area contributed by atoms with Crippen molar-refractivity contribution in [3.63, 3.8) is 0 Å². The molecular formula is C25H24FN3O4. The Balaban J connectivity index is 1.56. The first-order valence-corrected chi connectivity index (χ1v) is 10.5. The molecule has 8 heteroatoms. The molecule has 2 heterocycles. The van der Waals surface area contributed by atoms with Gasteiger partial charge in [-0.15, -0.1) is 0 Å². The first-order valence-electron chi connectivity index (χ1n) is 10.5. The van der Waals surface area contributed by atoms with Crippen molar-refractivity contribution in [1.29, 1.82) is 0 Å². The van der Waals surface area contributed by atoms with Crippen molar-refractivity contribution in [3.8, 4) is 5.75 Å². The summed E-state index contributed by atoms with van der Waals surface area (Å²) < 4.78 is 26.3. The van der Waals surface area contributed by atoms with Gasteiger partial charge >= 0.3 is 5.63 Å². The van der Waals surface area contributed by atoms with Gasteiger partial charge in [0.25, 0.3) is 0 Å². The highest BCUT2D eigenvalue weighted by Crippen LogP contribution is 2.25. The molecule has 0 unspecified atom stereocenters. The van der Waals surface area contributed by atoms with E-state index in [2.05, 4.69) is 10.3 Å². The second-order valence-corrected chi connectivity index (χ2v) is 7.81. The van der Waals surface area contributed by atoms with Gasteiger partial charge in [-0.25, -0.2) is 14.2 Å². The Morgan fingerprint density at radius 3 is 2.79 bits per heavy atom. The Hall–Kier alpha value is -3.94. The molecule has 1 N–H and O–H groups in total. The van der Waals surface area contributed by atoms with E-state index in [9.17, 15) is 14.0 Å². The fourth-order valence-electron chi connectivity index (χ4n) is 3.90. The fraction of sp³-hybridized carbons (Fsp3) is 0.240. The number of methoxy groups -OCH3 is 1. The summed E-state index contributed by atoms with van der Waals surface area (Å²) in [6.07, 6.45) is 3.64. The lowest BCUT2D eigenvalue weighted by Gasteiger charge is -2.19. The first kappa shape index (κ1) is 22.3. The number of ether oxygens (including phenoxy) is 1. The van der Waals surface area contributed by atoms with Crippen molar-refractivity contribution in [1.82, 2.24) is 14.9 Å². The largest absolute Gasteiger partial charge is 0.497 e. The minimum atomic E-state index is -0.630. The van der Waals surface area contributed by atoms with E-state index in [-0.39, 0.29) is 18.7 Å². The summed E-state index contributed by atoms with van der Waals surface area (Å²) in [5.41, 5.74) is 1.75. The van der Waals surface area contributed by atoms with Crippen molar-refractivity contribution in [2.75, 3.05) is 7.11 Å². The highest BCUT2D eigenvalue weighted by molar-refractivity contribution is 5.83.